The van der Waals surface area contributed by atoms with Gasteiger partial charge in [-0.15, -0.1) is 0 Å². The van der Waals surface area contributed by atoms with Gasteiger partial charge in [0, 0.05) is 168 Å². The third-order valence-corrected chi connectivity index (χ3v) is 26.7. The second-order valence-corrected chi connectivity index (χ2v) is 38.5. The standard InChI is InChI=1S/C90H162N12O34S2.Y/c1-60(107)98-74-80(119)77(116)65(57-104)134-83(74)128-43-20-26-68(110)91-36-13-7-10-16-39-95-86(122)131-46-23-32-90(33-24-47-132-87(123)96-40-17-11-8-14-37-92-69(111)27-21-44-129-84-75(99-61(2)108)81(120)78(117)66(58-105)135-84,34-25-48-133-88(124)97-41-18-12-9-15-38-93-70(112)28-22-45-130-85-76(100-62(3)109)82(121)79(118)67(59-106)136-85)101-72(114)31-49-126-50-51-127-52-53-137-138-89(4,5)35-30-71(113)94-42-19-29-73(115)102-55-64(125-6)54-63(102)56-103;/h63-67,74-85,103-106,116-121H,7-59H2,1-6H3,(H,91,110)(H,92,111)(H,93,112)(H,94,113)(H,95,122)(H,96,123)(H,97,124)(H,98,107)(H,99,108)(H,100,109)(H,101,114);/t63-,64+,65?,66?,67?,74?,75?,76?,77?,78?,79?,80?,81?,82?,83?,84?,85?,90?;/m1./s1. The first kappa shape index (κ1) is 127. The fourth-order valence-corrected chi connectivity index (χ4v) is 18.2. The number of ether oxygens (including phenoxy) is 12. The van der Waals surface area contributed by atoms with E-state index in [1.807, 2.05) is 0 Å². The van der Waals surface area contributed by atoms with E-state index in [0.717, 1.165) is 38.5 Å². The normalized spacial score (nSPS) is 23.3. The molecule has 1 radical (unpaired) electrons. The van der Waals surface area contributed by atoms with E-state index >= 15 is 0 Å². The van der Waals surface area contributed by atoms with Crippen LogP contribution < -0.4 is 58.5 Å². The molecular formula is C90H162N12O34S2Y. The number of rotatable bonds is 75. The van der Waals surface area contributed by atoms with E-state index in [1.54, 1.807) is 33.6 Å². The number of carbonyl (C=O) groups is 12. The Kier molecular flexibility index (Phi) is 68.6. The number of carbonyl (C=O) groups excluding carboxylic acids is 12. The topological polar surface area (TPSA) is 653 Å². The van der Waals surface area contributed by atoms with E-state index < -0.39 is 153 Å². The SMILES string of the molecule is CO[C@H]1C[C@H](CO)N(C(=O)CCCNC(=O)CCC(C)(C)SSCCOCCOCCC(=O)NC(CCCOC(=O)NCCCCCCNC(=O)CCCOC2OC(CO)C(O)C(O)C2NC(C)=O)(CCCOC(=O)NCCCCCCNC(=O)CCCOC2OC(CO)C(O)C(O)C2NC(C)=O)CCCOC(=O)NCCCCCCNC(=O)CCCOC2OC(CO)C(O)C(O)C2NC(C)=O)C1.[Y]. The molecule has 0 bridgehead atoms. The van der Waals surface area contributed by atoms with Gasteiger partial charge in [0.1, 0.15) is 73.1 Å². The first-order chi connectivity index (χ1) is 66.2. The number of amides is 12. The van der Waals surface area contributed by atoms with Gasteiger partial charge in [0.05, 0.1) is 105 Å². The molecule has 0 aromatic rings. The van der Waals surface area contributed by atoms with Crippen LogP contribution in [0.1, 0.15) is 227 Å². The number of aliphatic hydroxyl groups excluding tert-OH is 10. The molecular weight excluding hydrogens is 1950 g/mol. The smallest absolute Gasteiger partial charge is 0.407 e. The number of hydrogen-bond donors (Lipinski definition) is 21. The quantitative estimate of drug-likeness (QED) is 0.0207. The largest absolute Gasteiger partial charge is 0.450 e. The number of unbranched alkanes of at least 4 members (excludes halogenated alkanes) is 9. The van der Waals surface area contributed by atoms with Crippen LogP contribution in [0.5, 0.6) is 0 Å². The van der Waals surface area contributed by atoms with Crippen LogP contribution in [0.2, 0.25) is 0 Å². The van der Waals surface area contributed by atoms with Crippen LogP contribution >= 0.6 is 21.6 Å². The van der Waals surface area contributed by atoms with Gasteiger partial charge in [0.15, 0.2) is 18.9 Å². The zero-order valence-corrected chi connectivity index (χ0v) is 86.4. The second-order valence-electron chi connectivity index (χ2n) is 35.4. The van der Waals surface area contributed by atoms with E-state index in [9.17, 15) is 109 Å². The molecule has 21 N–H and O–H groups in total. The molecule has 17 atom stereocenters. The Hall–Kier alpha value is -5.92. The van der Waals surface area contributed by atoms with Gasteiger partial charge in [-0.1, -0.05) is 60.1 Å². The second kappa shape index (κ2) is 74.9. The monoisotopic (exact) mass is 2110 g/mol. The molecule has 0 aliphatic carbocycles. The summed E-state index contributed by atoms with van der Waals surface area (Å²) in [7, 11) is 4.86. The van der Waals surface area contributed by atoms with Crippen LogP contribution in [0.25, 0.3) is 0 Å². The molecule has 15 unspecified atom stereocenters. The Labute approximate surface area is 848 Å². The van der Waals surface area contributed by atoms with Crippen molar-refractivity contribution in [2.75, 3.05) is 158 Å². The fraction of sp³-hybridized carbons (Fsp3) is 0.867. The summed E-state index contributed by atoms with van der Waals surface area (Å²) in [5.74, 6) is -2.04. The summed E-state index contributed by atoms with van der Waals surface area (Å²) in [5.41, 5.74) is -1.02. The van der Waals surface area contributed by atoms with Gasteiger partial charge in [-0.25, -0.2) is 14.4 Å². The number of hydrogen-bond acceptors (Lipinski definition) is 36. The molecule has 4 aliphatic rings. The van der Waals surface area contributed by atoms with Gasteiger partial charge < -0.3 is 171 Å². The Morgan fingerprint density at radius 1 is 0.374 bits per heavy atom. The minimum Gasteiger partial charge on any atom is -0.450 e. The molecule has 4 aliphatic heterocycles. The van der Waals surface area contributed by atoms with Gasteiger partial charge in [-0.2, -0.15) is 0 Å². The first-order valence-electron chi connectivity index (χ1n) is 48.7. The van der Waals surface area contributed by atoms with Crippen molar-refractivity contribution in [2.24, 2.45) is 0 Å². The average molecular weight is 2110 g/mol. The van der Waals surface area contributed by atoms with Crippen LogP contribution in [0.3, 0.4) is 0 Å². The Balaban J connectivity index is 0.0000497. The van der Waals surface area contributed by atoms with E-state index in [2.05, 4.69) is 72.3 Å². The molecule has 801 valence electrons. The number of aliphatic hydroxyl groups is 10. The zero-order valence-electron chi connectivity index (χ0n) is 81.9. The van der Waals surface area contributed by atoms with Gasteiger partial charge in [-0.05, 0) is 129 Å². The Morgan fingerprint density at radius 3 is 1.06 bits per heavy atom. The van der Waals surface area contributed by atoms with Crippen molar-refractivity contribution in [3.05, 3.63) is 0 Å². The maximum absolute atomic E-state index is 14.1. The summed E-state index contributed by atoms with van der Waals surface area (Å²) in [6, 6.07) is -3.58. The van der Waals surface area contributed by atoms with Crippen LogP contribution in [0.4, 0.5) is 14.4 Å². The maximum atomic E-state index is 14.1. The number of likely N-dealkylation sites (tertiary alicyclic amines) is 1. The third kappa shape index (κ3) is 54.7. The van der Waals surface area contributed by atoms with Gasteiger partial charge in [0.25, 0.3) is 0 Å². The van der Waals surface area contributed by atoms with Crippen LogP contribution in [0, 0.1) is 0 Å². The molecule has 139 heavy (non-hydrogen) atoms. The summed E-state index contributed by atoms with van der Waals surface area (Å²) < 4.78 is 67.6. The zero-order chi connectivity index (χ0) is 101. The molecule has 4 rings (SSSR count). The van der Waals surface area contributed by atoms with Crippen molar-refractivity contribution >= 4 is 93.0 Å². The maximum Gasteiger partial charge on any atom is 0.407 e. The van der Waals surface area contributed by atoms with E-state index in [-0.39, 0.29) is 241 Å². The summed E-state index contributed by atoms with van der Waals surface area (Å²) in [4.78, 5) is 154. The summed E-state index contributed by atoms with van der Waals surface area (Å²) >= 11 is 0. The molecule has 0 aromatic carbocycles. The molecule has 0 saturated carbocycles. The van der Waals surface area contributed by atoms with E-state index in [0.29, 0.717) is 129 Å². The number of alkyl carbamates (subject to hydrolysis) is 3. The van der Waals surface area contributed by atoms with Crippen molar-refractivity contribution < 1.29 is 198 Å². The number of methoxy groups -OCH3 is 1. The van der Waals surface area contributed by atoms with Gasteiger partial charge in [-0.3, -0.25) is 43.2 Å². The molecule has 4 saturated heterocycles. The van der Waals surface area contributed by atoms with E-state index in [4.69, 9.17) is 56.8 Å². The molecule has 4 fully saturated rings. The average Bonchev–Trinajstić information content (AvgIpc) is 1.41. The van der Waals surface area contributed by atoms with Gasteiger partial charge >= 0.3 is 18.3 Å². The van der Waals surface area contributed by atoms with Crippen LogP contribution in [-0.2, 0) is 133 Å². The molecule has 12 amide bonds. The molecule has 49 heteroatoms. The predicted octanol–water partition coefficient (Wildman–Crippen LogP) is -0.523. The molecule has 46 nitrogen and oxygen atoms in total. The third-order valence-electron chi connectivity index (χ3n) is 23.4. The molecule has 0 aromatic heterocycles. The van der Waals surface area contributed by atoms with Crippen molar-refractivity contribution in [3.8, 4) is 0 Å². The minimum absolute atomic E-state index is 0. The Morgan fingerprint density at radius 2 is 0.719 bits per heavy atom. The van der Waals surface area contributed by atoms with Crippen molar-refractivity contribution in [3.63, 3.8) is 0 Å². The van der Waals surface area contributed by atoms with Crippen LogP contribution in [0.15, 0.2) is 0 Å². The minimum atomic E-state index is -1.47. The van der Waals surface area contributed by atoms with Crippen LogP contribution in [-0.4, -0.2) is 399 Å². The fourth-order valence-electron chi connectivity index (χ4n) is 15.7. The van der Waals surface area contributed by atoms with Crippen molar-refractivity contribution in [1.82, 2.24) is 63.4 Å². The first-order valence-corrected chi connectivity index (χ1v) is 51.0. The van der Waals surface area contributed by atoms with E-state index in [1.165, 1.54) is 20.8 Å². The summed E-state index contributed by atoms with van der Waals surface area (Å²) in [6.07, 6.45) is -4.70. The van der Waals surface area contributed by atoms with Crippen molar-refractivity contribution in [2.45, 2.75) is 342 Å². The summed E-state index contributed by atoms with van der Waals surface area (Å²) in [5, 5.41) is 131. The number of nitrogens with zero attached hydrogens (tertiary/aromatic N) is 1. The number of nitrogens with one attached hydrogen (secondary N) is 11. The summed E-state index contributed by atoms with van der Waals surface area (Å²) in [6.45, 7) is 9.60. The molecule has 0 spiro atoms. The van der Waals surface area contributed by atoms with Gasteiger partial charge in [0.2, 0.25) is 53.2 Å². The Bertz CT molecular complexity index is 3230. The molecule has 4 heterocycles. The van der Waals surface area contributed by atoms with Crippen molar-refractivity contribution in [1.29, 1.82) is 0 Å². The predicted molar refractivity (Wildman–Crippen MR) is 503 cm³/mol.